The third kappa shape index (κ3) is 4.40. The van der Waals surface area contributed by atoms with Gasteiger partial charge in [-0.15, -0.1) is 0 Å². The number of hydrogen-bond acceptors (Lipinski definition) is 4. The molecule has 0 bridgehead atoms. The Hall–Kier alpha value is -1.17. The number of nitrogens with zero attached hydrogens (tertiary/aromatic N) is 2. The maximum atomic E-state index is 14.2. The Morgan fingerprint density at radius 3 is 2.33 bits per heavy atom. The van der Waals surface area contributed by atoms with Gasteiger partial charge in [-0.2, -0.15) is 0 Å². The van der Waals surface area contributed by atoms with Crippen LogP contribution in [0, 0.1) is 5.82 Å². The first-order valence-corrected chi connectivity index (χ1v) is 7.43. The number of benzene rings is 1. The number of rotatable bonds is 4. The van der Waals surface area contributed by atoms with Crippen LogP contribution in [0.3, 0.4) is 0 Å². The topological polar surface area (TPSA) is 46.9 Å². The molecule has 1 atom stereocenters. The molecular weight excluding hydrogens is 271 g/mol. The Kier molecular flexibility index (Phi) is 4.86. The summed E-state index contributed by atoms with van der Waals surface area (Å²) < 4.78 is 14.2. The van der Waals surface area contributed by atoms with Gasteiger partial charge in [-0.05, 0) is 38.5 Å². The van der Waals surface area contributed by atoms with Crippen LogP contribution in [-0.2, 0) is 0 Å². The molecule has 4 nitrogen and oxygen atoms in total. The molecule has 0 spiro atoms. The zero-order valence-electron chi connectivity index (χ0n) is 13.0. The van der Waals surface area contributed by atoms with Gasteiger partial charge in [-0.1, -0.05) is 6.07 Å². The van der Waals surface area contributed by atoms with Gasteiger partial charge >= 0.3 is 0 Å². The lowest BCUT2D eigenvalue weighted by Gasteiger charge is -2.38. The van der Waals surface area contributed by atoms with Crippen molar-refractivity contribution in [3.05, 3.63) is 29.6 Å². The number of hydrogen-bond donors (Lipinski definition) is 2. The van der Waals surface area contributed by atoms with E-state index in [1.165, 1.54) is 6.07 Å². The number of halogens is 1. The van der Waals surface area contributed by atoms with Crippen molar-refractivity contribution in [2.24, 2.45) is 0 Å². The first-order valence-electron chi connectivity index (χ1n) is 7.43. The minimum atomic E-state index is -0.702. The zero-order chi connectivity index (χ0) is 15.6. The molecule has 1 aromatic carbocycles. The molecule has 21 heavy (non-hydrogen) atoms. The lowest BCUT2D eigenvalue weighted by Crippen LogP contribution is -2.50. The van der Waals surface area contributed by atoms with Gasteiger partial charge in [0.05, 0.1) is 17.4 Å². The highest BCUT2D eigenvalue weighted by molar-refractivity contribution is 5.50. The largest absolute Gasteiger partial charge is 0.389 e. The van der Waals surface area contributed by atoms with Gasteiger partial charge in [-0.25, -0.2) is 4.39 Å². The van der Waals surface area contributed by atoms with Crippen LogP contribution in [0.4, 0.5) is 10.1 Å². The highest BCUT2D eigenvalue weighted by Gasteiger charge is 2.24. The molecule has 0 aromatic heterocycles. The highest BCUT2D eigenvalue weighted by Crippen LogP contribution is 2.24. The van der Waals surface area contributed by atoms with Gasteiger partial charge in [0.15, 0.2) is 0 Å². The molecule has 1 aliphatic heterocycles. The lowest BCUT2D eigenvalue weighted by atomic mass is 10.1. The summed E-state index contributed by atoms with van der Waals surface area (Å²) >= 11 is 0. The number of aliphatic hydroxyl groups excluding tert-OH is 1. The van der Waals surface area contributed by atoms with Crippen LogP contribution >= 0.6 is 0 Å². The standard InChI is InChI=1S/C16H25FN2O2/c1-12(20)13-4-5-15(14(17)10-13)19-8-6-18(7-9-19)11-16(2,3)21/h4-5,10,12,20-21H,6-9,11H2,1-3H3/t12-/m0/s1. The van der Waals surface area contributed by atoms with E-state index >= 15 is 0 Å². The molecule has 0 radical (unpaired) electrons. The monoisotopic (exact) mass is 296 g/mol. The van der Waals surface area contributed by atoms with E-state index in [9.17, 15) is 14.6 Å². The Morgan fingerprint density at radius 1 is 1.24 bits per heavy atom. The first kappa shape index (κ1) is 16.2. The molecule has 1 fully saturated rings. The number of piperazine rings is 1. The number of aliphatic hydroxyl groups is 2. The predicted molar refractivity (Wildman–Crippen MR) is 82.0 cm³/mol. The van der Waals surface area contributed by atoms with Crippen LogP contribution in [0.25, 0.3) is 0 Å². The van der Waals surface area contributed by atoms with Crippen LogP contribution in [0.15, 0.2) is 18.2 Å². The average Bonchev–Trinajstić information content (AvgIpc) is 2.38. The third-order valence-electron chi connectivity index (χ3n) is 3.78. The third-order valence-corrected chi connectivity index (χ3v) is 3.78. The van der Waals surface area contributed by atoms with Crippen LogP contribution in [-0.4, -0.2) is 53.4 Å². The van der Waals surface area contributed by atoms with E-state index in [0.29, 0.717) is 17.8 Å². The van der Waals surface area contributed by atoms with E-state index in [4.69, 9.17) is 0 Å². The fourth-order valence-corrected chi connectivity index (χ4v) is 2.73. The van der Waals surface area contributed by atoms with Crippen molar-refractivity contribution in [1.29, 1.82) is 0 Å². The summed E-state index contributed by atoms with van der Waals surface area (Å²) in [5.74, 6) is -0.288. The van der Waals surface area contributed by atoms with E-state index < -0.39 is 11.7 Å². The second kappa shape index (κ2) is 6.30. The van der Waals surface area contributed by atoms with Gasteiger partial charge in [0.2, 0.25) is 0 Å². The maximum Gasteiger partial charge on any atom is 0.146 e. The van der Waals surface area contributed by atoms with Crippen molar-refractivity contribution in [3.63, 3.8) is 0 Å². The van der Waals surface area contributed by atoms with Crippen LogP contribution in [0.2, 0.25) is 0 Å². The minimum absolute atomic E-state index is 0.288. The molecule has 5 heteroatoms. The van der Waals surface area contributed by atoms with Gasteiger partial charge < -0.3 is 15.1 Å². The Balaban J connectivity index is 1.99. The normalized spacial score (nSPS) is 18.9. The number of β-amino-alcohol motifs (C(OH)–C–C–N with tert-alkyl or cyclic N) is 1. The first-order chi connectivity index (χ1) is 9.76. The summed E-state index contributed by atoms with van der Waals surface area (Å²) in [6.07, 6.45) is -0.655. The summed E-state index contributed by atoms with van der Waals surface area (Å²) in [4.78, 5) is 4.21. The summed E-state index contributed by atoms with van der Waals surface area (Å²) in [5.41, 5.74) is 0.478. The van der Waals surface area contributed by atoms with Crippen molar-refractivity contribution >= 4 is 5.69 Å². The molecule has 0 aliphatic carbocycles. The van der Waals surface area contributed by atoms with Crippen LogP contribution in [0.5, 0.6) is 0 Å². The smallest absolute Gasteiger partial charge is 0.146 e. The van der Waals surface area contributed by atoms with Crippen molar-refractivity contribution in [1.82, 2.24) is 4.90 Å². The molecular formula is C16H25FN2O2. The van der Waals surface area contributed by atoms with E-state index in [-0.39, 0.29) is 5.82 Å². The fourth-order valence-electron chi connectivity index (χ4n) is 2.73. The molecule has 118 valence electrons. The van der Waals surface area contributed by atoms with Gasteiger partial charge in [0.1, 0.15) is 5.82 Å². The predicted octanol–water partition coefficient (Wildman–Crippen LogP) is 1.77. The van der Waals surface area contributed by atoms with Gasteiger partial charge in [0.25, 0.3) is 0 Å². The Morgan fingerprint density at radius 2 is 1.86 bits per heavy atom. The fraction of sp³-hybridized carbons (Fsp3) is 0.625. The van der Waals surface area contributed by atoms with E-state index in [2.05, 4.69) is 4.90 Å². The summed E-state index contributed by atoms with van der Waals surface area (Å²) in [6.45, 7) is 8.95. The van der Waals surface area contributed by atoms with Crippen LogP contribution < -0.4 is 4.90 Å². The van der Waals surface area contributed by atoms with Gasteiger partial charge in [0, 0.05) is 32.7 Å². The molecule has 2 rings (SSSR count). The van der Waals surface area contributed by atoms with Crippen molar-refractivity contribution in [3.8, 4) is 0 Å². The quantitative estimate of drug-likeness (QED) is 0.889. The Labute approximate surface area is 125 Å². The summed E-state index contributed by atoms with van der Waals surface area (Å²) in [7, 11) is 0. The van der Waals surface area contributed by atoms with E-state index in [1.807, 2.05) is 4.90 Å². The van der Waals surface area contributed by atoms with E-state index in [0.717, 1.165) is 26.2 Å². The SMILES string of the molecule is C[C@H](O)c1ccc(N2CCN(CC(C)(C)O)CC2)c(F)c1. The second-order valence-corrected chi connectivity index (χ2v) is 6.46. The Bertz CT molecular complexity index is 478. The maximum absolute atomic E-state index is 14.2. The summed E-state index contributed by atoms with van der Waals surface area (Å²) in [6, 6.07) is 4.92. The molecule has 1 aromatic rings. The second-order valence-electron chi connectivity index (χ2n) is 6.46. The molecule has 0 amide bonds. The molecule has 1 heterocycles. The molecule has 2 N–H and O–H groups in total. The molecule has 1 saturated heterocycles. The molecule has 0 unspecified atom stereocenters. The van der Waals surface area contributed by atoms with Crippen molar-refractivity contribution in [2.75, 3.05) is 37.6 Å². The summed E-state index contributed by atoms with van der Waals surface area (Å²) in [5, 5.41) is 19.3. The minimum Gasteiger partial charge on any atom is -0.389 e. The molecule has 1 aliphatic rings. The van der Waals surface area contributed by atoms with Crippen LogP contribution in [0.1, 0.15) is 32.4 Å². The van der Waals surface area contributed by atoms with E-state index in [1.54, 1.807) is 32.9 Å². The average molecular weight is 296 g/mol. The zero-order valence-corrected chi connectivity index (χ0v) is 13.0. The lowest BCUT2D eigenvalue weighted by molar-refractivity contribution is 0.0344. The van der Waals surface area contributed by atoms with Gasteiger partial charge in [-0.3, -0.25) is 4.90 Å². The van der Waals surface area contributed by atoms with Crippen molar-refractivity contribution in [2.45, 2.75) is 32.5 Å². The number of anilines is 1. The molecule has 0 saturated carbocycles. The highest BCUT2D eigenvalue weighted by atomic mass is 19.1. The van der Waals surface area contributed by atoms with Crippen molar-refractivity contribution < 1.29 is 14.6 Å².